The van der Waals surface area contributed by atoms with Gasteiger partial charge in [0.05, 0.1) is 42.4 Å². The fraction of sp³-hybridized carbons (Fsp3) is 0.342. The highest BCUT2D eigenvalue weighted by atomic mass is 19.3. The normalized spacial score (nSPS) is 16.0. The van der Waals surface area contributed by atoms with Crippen molar-refractivity contribution in [3.05, 3.63) is 94.8 Å². The molecule has 14 heteroatoms. The van der Waals surface area contributed by atoms with E-state index in [9.17, 15) is 23.8 Å². The van der Waals surface area contributed by atoms with E-state index in [1.807, 2.05) is 18.2 Å². The number of aliphatic hydroxyl groups excluding tert-OH is 1. The van der Waals surface area contributed by atoms with Crippen LogP contribution in [0.25, 0.3) is 33.5 Å². The fourth-order valence-corrected chi connectivity index (χ4v) is 6.90. The number of hydrogen-bond donors (Lipinski definition) is 3. The predicted molar refractivity (Wildman–Crippen MR) is 187 cm³/mol. The fourth-order valence-electron chi connectivity index (χ4n) is 6.90. The molecule has 5 heterocycles. The van der Waals surface area contributed by atoms with Gasteiger partial charge in [0.25, 0.3) is 12.3 Å². The lowest BCUT2D eigenvalue weighted by atomic mass is 9.95. The number of halogens is 4. The maximum absolute atomic E-state index is 15.5. The van der Waals surface area contributed by atoms with E-state index < -0.39 is 36.2 Å². The van der Waals surface area contributed by atoms with Gasteiger partial charge in [-0.05, 0) is 78.6 Å². The van der Waals surface area contributed by atoms with Gasteiger partial charge in [-0.3, -0.25) is 19.6 Å². The summed E-state index contributed by atoms with van der Waals surface area (Å²) < 4.78 is 62.2. The number of H-pyrrole nitrogens is 1. The third-order valence-electron chi connectivity index (χ3n) is 9.62. The number of aromatic nitrogens is 3. The quantitative estimate of drug-likeness (QED) is 0.166. The molecular formula is C38H38F4N6O4. The number of fused-ring (bicyclic) bond motifs is 2. The number of anilines is 1. The minimum absolute atomic E-state index is 0.0328. The molecule has 0 spiro atoms. The number of carbonyl (C=O) groups is 1. The molecular weight excluding hydrogens is 680 g/mol. The van der Waals surface area contributed by atoms with Crippen LogP contribution in [0.1, 0.15) is 40.9 Å². The number of nitrogens with one attached hydrogen (secondary N) is 1. The molecule has 2 aliphatic rings. The van der Waals surface area contributed by atoms with Crippen LogP contribution in [-0.2, 0) is 18.8 Å². The second-order valence-electron chi connectivity index (χ2n) is 13.6. The lowest BCUT2D eigenvalue weighted by Gasteiger charge is -2.34. The summed E-state index contributed by atoms with van der Waals surface area (Å²) >= 11 is 0. The van der Waals surface area contributed by atoms with E-state index in [1.165, 1.54) is 30.9 Å². The number of ether oxygens (including phenoxy) is 1. The smallest absolute Gasteiger partial charge is 0.265 e. The van der Waals surface area contributed by atoms with E-state index in [2.05, 4.69) is 19.9 Å². The van der Waals surface area contributed by atoms with Crippen LogP contribution >= 0.6 is 0 Å². The molecule has 0 radical (unpaired) electrons. The summed E-state index contributed by atoms with van der Waals surface area (Å²) in [6, 6.07) is 12.3. The van der Waals surface area contributed by atoms with Gasteiger partial charge in [0.1, 0.15) is 35.2 Å². The van der Waals surface area contributed by atoms with Gasteiger partial charge in [0.2, 0.25) is 0 Å². The average Bonchev–Trinajstić information content (AvgIpc) is 3.47. The SMILES string of the molecule is CC(C)(O)c1cc(F)c2c(c1)OCCN(c1cc(F)cc(-c3ccnc4[nH]c(-c5ccc(CN6CCN(CC(F)F)CC6)cn5)cc34)c1CO)C2=O. The monoisotopic (exact) mass is 718 g/mol. The molecule has 3 aromatic heterocycles. The number of alkyl halides is 2. The highest BCUT2D eigenvalue weighted by Crippen LogP contribution is 2.40. The predicted octanol–water partition coefficient (Wildman–Crippen LogP) is 5.71. The third kappa shape index (κ3) is 7.11. The van der Waals surface area contributed by atoms with Crippen LogP contribution in [0, 0.1) is 11.6 Å². The Balaban J connectivity index is 1.18. The lowest BCUT2D eigenvalue weighted by molar-refractivity contribution is 0.0543. The average molecular weight is 719 g/mol. The second kappa shape index (κ2) is 14.3. The molecule has 2 aliphatic heterocycles. The Labute approximate surface area is 297 Å². The minimum atomic E-state index is -2.34. The summed E-state index contributed by atoms with van der Waals surface area (Å²) in [6.07, 6.45) is 0.991. The molecule has 1 fully saturated rings. The zero-order chi connectivity index (χ0) is 36.7. The molecule has 0 aliphatic carbocycles. The Kier molecular flexibility index (Phi) is 9.74. The molecule has 0 unspecified atom stereocenters. The number of carbonyl (C=O) groups excluding carboxylic acids is 1. The lowest BCUT2D eigenvalue weighted by Crippen LogP contribution is -2.47. The number of rotatable bonds is 9. The molecule has 1 saturated heterocycles. The van der Waals surface area contributed by atoms with Crippen LogP contribution in [0.2, 0.25) is 0 Å². The van der Waals surface area contributed by atoms with Gasteiger partial charge in [-0.15, -0.1) is 0 Å². The summed E-state index contributed by atoms with van der Waals surface area (Å²) in [6.45, 7) is 5.32. The van der Waals surface area contributed by atoms with Crippen molar-refractivity contribution in [1.29, 1.82) is 0 Å². The highest BCUT2D eigenvalue weighted by molar-refractivity contribution is 6.09. The van der Waals surface area contributed by atoms with Crippen molar-refractivity contribution in [2.75, 3.05) is 50.8 Å². The van der Waals surface area contributed by atoms with Crippen LogP contribution in [0.5, 0.6) is 5.75 Å². The Hall–Kier alpha value is -4.89. The van der Waals surface area contributed by atoms with E-state index in [4.69, 9.17) is 4.74 Å². The number of aromatic amines is 1. The van der Waals surface area contributed by atoms with Gasteiger partial charge in [0, 0.05) is 56.1 Å². The molecule has 272 valence electrons. The standard InChI is InChI=1S/C38H38F4N6O4/c1-38(2,51)23-13-29(40)35-33(14-23)52-12-11-48(37(35)50)32-16-24(39)15-26(28(32)21-49)25-5-6-43-36-27(25)17-31(45-36)30-4-3-22(18-44-30)19-46-7-9-47(10-8-46)20-34(41)42/h3-6,13-18,34,49,51H,7-12,19-21H2,1-2H3,(H,43,45). The first-order valence-corrected chi connectivity index (χ1v) is 17.0. The molecule has 7 rings (SSSR count). The minimum Gasteiger partial charge on any atom is -0.491 e. The summed E-state index contributed by atoms with van der Waals surface area (Å²) in [5, 5.41) is 21.8. The van der Waals surface area contributed by atoms with Gasteiger partial charge >= 0.3 is 0 Å². The van der Waals surface area contributed by atoms with Crippen molar-refractivity contribution >= 4 is 22.6 Å². The van der Waals surface area contributed by atoms with Gasteiger partial charge in [-0.2, -0.15) is 0 Å². The molecule has 10 nitrogen and oxygen atoms in total. The molecule has 1 amide bonds. The van der Waals surface area contributed by atoms with Crippen molar-refractivity contribution in [2.45, 2.75) is 39.0 Å². The number of amides is 1. The van der Waals surface area contributed by atoms with Crippen molar-refractivity contribution < 1.29 is 37.3 Å². The van der Waals surface area contributed by atoms with E-state index >= 15 is 8.78 Å². The number of aliphatic hydroxyl groups is 2. The second-order valence-corrected chi connectivity index (χ2v) is 13.6. The number of nitrogens with zero attached hydrogens (tertiary/aromatic N) is 5. The van der Waals surface area contributed by atoms with E-state index in [0.717, 1.165) is 17.7 Å². The van der Waals surface area contributed by atoms with Crippen molar-refractivity contribution in [3.8, 4) is 28.3 Å². The highest BCUT2D eigenvalue weighted by Gasteiger charge is 2.33. The molecule has 5 aromatic rings. The van der Waals surface area contributed by atoms with E-state index in [0.29, 0.717) is 66.3 Å². The summed E-state index contributed by atoms with van der Waals surface area (Å²) in [7, 11) is 0. The first kappa shape index (κ1) is 35.5. The largest absolute Gasteiger partial charge is 0.491 e. The third-order valence-corrected chi connectivity index (χ3v) is 9.62. The van der Waals surface area contributed by atoms with Crippen LogP contribution in [0.15, 0.2) is 60.9 Å². The number of hydrogen-bond acceptors (Lipinski definition) is 8. The van der Waals surface area contributed by atoms with Gasteiger partial charge in [0.15, 0.2) is 0 Å². The Morgan fingerprint density at radius 3 is 2.42 bits per heavy atom. The van der Waals surface area contributed by atoms with Gasteiger partial charge < -0.3 is 24.8 Å². The summed E-state index contributed by atoms with van der Waals surface area (Å²) in [4.78, 5) is 31.5. The van der Waals surface area contributed by atoms with Crippen LogP contribution in [0.4, 0.5) is 23.2 Å². The maximum Gasteiger partial charge on any atom is 0.265 e. The Morgan fingerprint density at radius 1 is 0.962 bits per heavy atom. The van der Waals surface area contributed by atoms with Crippen molar-refractivity contribution in [2.24, 2.45) is 0 Å². The van der Waals surface area contributed by atoms with Crippen LogP contribution < -0.4 is 9.64 Å². The summed E-state index contributed by atoms with van der Waals surface area (Å²) in [5.41, 5.74) is 2.44. The van der Waals surface area contributed by atoms with Crippen LogP contribution in [0.3, 0.4) is 0 Å². The molecule has 3 N–H and O–H groups in total. The van der Waals surface area contributed by atoms with Gasteiger partial charge in [-0.25, -0.2) is 22.5 Å². The number of pyridine rings is 2. The zero-order valence-electron chi connectivity index (χ0n) is 28.7. The first-order chi connectivity index (χ1) is 24.9. The maximum atomic E-state index is 15.5. The Morgan fingerprint density at radius 2 is 1.73 bits per heavy atom. The molecule has 0 saturated carbocycles. The van der Waals surface area contributed by atoms with Crippen molar-refractivity contribution in [1.82, 2.24) is 24.8 Å². The first-order valence-electron chi connectivity index (χ1n) is 17.0. The number of benzene rings is 2. The Bertz CT molecular complexity index is 2110. The van der Waals surface area contributed by atoms with Gasteiger partial charge in [-0.1, -0.05) is 6.07 Å². The number of piperazine rings is 1. The molecule has 52 heavy (non-hydrogen) atoms. The molecule has 2 aromatic carbocycles. The van der Waals surface area contributed by atoms with E-state index in [1.54, 1.807) is 23.4 Å². The summed E-state index contributed by atoms with van der Waals surface area (Å²) in [5.74, 6) is -2.37. The van der Waals surface area contributed by atoms with Crippen LogP contribution in [-0.4, -0.2) is 93.2 Å². The zero-order valence-corrected chi connectivity index (χ0v) is 28.7. The van der Waals surface area contributed by atoms with Crippen molar-refractivity contribution in [3.63, 3.8) is 0 Å². The van der Waals surface area contributed by atoms with E-state index in [-0.39, 0.29) is 47.8 Å². The topological polar surface area (TPSA) is 118 Å². The molecule has 0 atom stereocenters. The molecule has 0 bridgehead atoms.